The lowest BCUT2D eigenvalue weighted by Gasteiger charge is -2.06. The molecule has 1 heterocycles. The quantitative estimate of drug-likeness (QED) is 0.749. The lowest BCUT2D eigenvalue weighted by Crippen LogP contribution is -1.94. The molecule has 0 unspecified atom stereocenters. The number of hydrogen-bond acceptors (Lipinski definition) is 3. The Morgan fingerprint density at radius 2 is 1.78 bits per heavy atom. The fourth-order valence-electron chi connectivity index (χ4n) is 1.04. The number of rotatable bonds is 2. The molecule has 2 rings (SSSR count). The van der Waals surface area contributed by atoms with Crippen molar-refractivity contribution in [1.29, 1.82) is 0 Å². The third-order valence-corrected chi connectivity index (χ3v) is 2.33. The van der Waals surface area contributed by atoms with Gasteiger partial charge in [-0.25, -0.2) is 4.98 Å². The molecule has 2 aromatic rings. The zero-order valence-electron chi connectivity index (χ0n) is 9.82. The van der Waals surface area contributed by atoms with Crippen LogP contribution in [0.25, 0.3) is 0 Å². The summed E-state index contributed by atoms with van der Waals surface area (Å²) >= 11 is 11.3. The molecule has 0 fully saturated rings. The van der Waals surface area contributed by atoms with E-state index < -0.39 is 5.82 Å². The molecule has 1 aromatic carbocycles. The van der Waals surface area contributed by atoms with Crippen LogP contribution in [0, 0.1) is 5.82 Å². The van der Waals surface area contributed by atoms with Crippen LogP contribution in [0.1, 0.15) is 13.8 Å². The van der Waals surface area contributed by atoms with E-state index in [0.29, 0.717) is 10.8 Å². The first-order chi connectivity index (χ1) is 8.68. The standard InChI is InChI=1S/C10H5Cl2FN2O.C2H6/c11-6-3-1-2-4-7(6)16-10-8(13)9(12)14-5-15-10;1-2/h1-5H;1-2H3. The first-order valence-corrected chi connectivity index (χ1v) is 6.02. The molecular formula is C12H11Cl2FN2O. The van der Waals surface area contributed by atoms with E-state index in [0.717, 1.165) is 6.33 Å². The average Bonchev–Trinajstić information content (AvgIpc) is 2.40. The molecule has 0 saturated heterocycles. The minimum atomic E-state index is -0.816. The van der Waals surface area contributed by atoms with Crippen LogP contribution in [0.3, 0.4) is 0 Å². The summed E-state index contributed by atoms with van der Waals surface area (Å²) in [5, 5.41) is 0.0636. The summed E-state index contributed by atoms with van der Waals surface area (Å²) in [7, 11) is 0. The van der Waals surface area contributed by atoms with Gasteiger partial charge in [0, 0.05) is 0 Å². The molecule has 3 nitrogen and oxygen atoms in total. The maximum absolute atomic E-state index is 13.4. The number of halogens is 3. The van der Waals surface area contributed by atoms with Gasteiger partial charge in [0.05, 0.1) is 5.02 Å². The van der Waals surface area contributed by atoms with E-state index in [1.165, 1.54) is 0 Å². The predicted molar refractivity (Wildman–Crippen MR) is 69.9 cm³/mol. The Labute approximate surface area is 115 Å². The second-order valence-corrected chi connectivity index (χ2v) is 3.58. The fourth-order valence-corrected chi connectivity index (χ4v) is 1.34. The van der Waals surface area contributed by atoms with Crippen LogP contribution < -0.4 is 4.74 Å². The highest BCUT2D eigenvalue weighted by molar-refractivity contribution is 6.32. The highest BCUT2D eigenvalue weighted by atomic mass is 35.5. The molecule has 0 atom stereocenters. The summed E-state index contributed by atoms with van der Waals surface area (Å²) in [6.07, 6.45) is 1.11. The van der Waals surface area contributed by atoms with Crippen molar-refractivity contribution in [2.75, 3.05) is 0 Å². The van der Waals surface area contributed by atoms with Crippen molar-refractivity contribution >= 4 is 23.2 Å². The molecule has 1 aromatic heterocycles. The Balaban J connectivity index is 0.000000771. The number of nitrogens with zero attached hydrogens (tertiary/aromatic N) is 2. The van der Waals surface area contributed by atoms with E-state index in [1.807, 2.05) is 13.8 Å². The lowest BCUT2D eigenvalue weighted by atomic mass is 10.3. The molecule has 18 heavy (non-hydrogen) atoms. The van der Waals surface area contributed by atoms with Crippen LogP contribution >= 0.6 is 23.2 Å². The molecule has 0 bridgehead atoms. The summed E-state index contributed by atoms with van der Waals surface area (Å²) in [5.41, 5.74) is 0. The van der Waals surface area contributed by atoms with E-state index in [4.69, 9.17) is 27.9 Å². The van der Waals surface area contributed by atoms with Gasteiger partial charge in [-0.2, -0.15) is 9.37 Å². The summed E-state index contributed by atoms with van der Waals surface area (Å²) in [6.45, 7) is 4.00. The van der Waals surface area contributed by atoms with E-state index >= 15 is 0 Å². The smallest absolute Gasteiger partial charge is 0.260 e. The third-order valence-electron chi connectivity index (χ3n) is 1.76. The zero-order valence-corrected chi connectivity index (χ0v) is 11.3. The maximum Gasteiger partial charge on any atom is 0.260 e. The van der Waals surface area contributed by atoms with Crippen molar-refractivity contribution < 1.29 is 9.13 Å². The number of ether oxygens (including phenoxy) is 1. The second-order valence-electron chi connectivity index (χ2n) is 2.82. The normalized spacial score (nSPS) is 9.39. The molecule has 0 amide bonds. The minimum absolute atomic E-state index is 0.256. The Morgan fingerprint density at radius 1 is 1.11 bits per heavy atom. The van der Waals surface area contributed by atoms with Gasteiger partial charge >= 0.3 is 0 Å². The van der Waals surface area contributed by atoms with Gasteiger partial charge in [0.15, 0.2) is 5.15 Å². The predicted octanol–water partition coefficient (Wildman–Crippen LogP) is 4.74. The van der Waals surface area contributed by atoms with Crippen LogP contribution in [-0.2, 0) is 0 Å². The zero-order chi connectivity index (χ0) is 13.5. The number of hydrogen-bond donors (Lipinski definition) is 0. The van der Waals surface area contributed by atoms with Crippen molar-refractivity contribution in [3.63, 3.8) is 0 Å². The summed E-state index contributed by atoms with van der Waals surface area (Å²) < 4.78 is 18.6. The Kier molecular flexibility index (Phi) is 5.82. The largest absolute Gasteiger partial charge is 0.435 e. The highest BCUT2D eigenvalue weighted by Gasteiger charge is 2.12. The van der Waals surface area contributed by atoms with Gasteiger partial charge in [0.2, 0.25) is 5.82 Å². The molecule has 0 aliphatic rings. The average molecular weight is 289 g/mol. The number of aromatic nitrogens is 2. The van der Waals surface area contributed by atoms with Crippen molar-refractivity contribution in [1.82, 2.24) is 9.97 Å². The van der Waals surface area contributed by atoms with E-state index in [9.17, 15) is 4.39 Å². The Morgan fingerprint density at radius 3 is 2.44 bits per heavy atom. The highest BCUT2D eigenvalue weighted by Crippen LogP contribution is 2.30. The minimum Gasteiger partial charge on any atom is -0.435 e. The van der Waals surface area contributed by atoms with Crippen molar-refractivity contribution in [2.45, 2.75) is 13.8 Å². The first-order valence-electron chi connectivity index (χ1n) is 5.27. The van der Waals surface area contributed by atoms with Gasteiger partial charge in [-0.05, 0) is 12.1 Å². The van der Waals surface area contributed by atoms with E-state index in [-0.39, 0.29) is 11.0 Å². The Hall–Kier alpha value is -1.39. The maximum atomic E-state index is 13.4. The third kappa shape index (κ3) is 3.55. The topological polar surface area (TPSA) is 35.0 Å². The Bertz CT molecular complexity index is 523. The molecule has 6 heteroatoms. The second kappa shape index (κ2) is 7.13. The summed E-state index contributed by atoms with van der Waals surface area (Å²) in [5.74, 6) is -0.769. The van der Waals surface area contributed by atoms with E-state index in [1.54, 1.807) is 24.3 Å². The van der Waals surface area contributed by atoms with Gasteiger partial charge in [0.25, 0.3) is 5.88 Å². The van der Waals surface area contributed by atoms with Gasteiger partial charge in [-0.1, -0.05) is 49.2 Å². The molecule has 0 saturated carbocycles. The number of para-hydroxylation sites is 1. The van der Waals surface area contributed by atoms with Crippen LogP contribution in [-0.4, -0.2) is 9.97 Å². The van der Waals surface area contributed by atoms with Crippen LogP contribution in [0.15, 0.2) is 30.6 Å². The van der Waals surface area contributed by atoms with Gasteiger partial charge in [0.1, 0.15) is 12.1 Å². The summed E-state index contributed by atoms with van der Waals surface area (Å²) in [6, 6.07) is 6.66. The van der Waals surface area contributed by atoms with Gasteiger partial charge < -0.3 is 4.74 Å². The van der Waals surface area contributed by atoms with Crippen LogP contribution in [0.5, 0.6) is 11.6 Å². The van der Waals surface area contributed by atoms with Crippen molar-refractivity contribution in [3.05, 3.63) is 46.6 Å². The molecule has 0 radical (unpaired) electrons. The van der Waals surface area contributed by atoms with Gasteiger partial charge in [-0.15, -0.1) is 0 Å². The van der Waals surface area contributed by atoms with Crippen LogP contribution in [0.2, 0.25) is 10.2 Å². The van der Waals surface area contributed by atoms with Gasteiger partial charge in [-0.3, -0.25) is 0 Å². The fraction of sp³-hybridized carbons (Fsp3) is 0.167. The molecule has 96 valence electrons. The molecule has 0 N–H and O–H groups in total. The van der Waals surface area contributed by atoms with Crippen molar-refractivity contribution in [2.24, 2.45) is 0 Å². The lowest BCUT2D eigenvalue weighted by molar-refractivity contribution is 0.420. The molecule has 0 aliphatic heterocycles. The first kappa shape index (κ1) is 14.7. The van der Waals surface area contributed by atoms with Crippen molar-refractivity contribution in [3.8, 4) is 11.6 Å². The summed E-state index contributed by atoms with van der Waals surface area (Å²) in [4.78, 5) is 7.09. The molecule has 0 spiro atoms. The molecule has 0 aliphatic carbocycles. The monoisotopic (exact) mass is 288 g/mol. The SMILES string of the molecule is CC.Fc1c(Cl)ncnc1Oc1ccccc1Cl. The number of benzene rings is 1. The molecular weight excluding hydrogens is 278 g/mol. The van der Waals surface area contributed by atoms with E-state index in [2.05, 4.69) is 9.97 Å². The van der Waals surface area contributed by atoms with Crippen LogP contribution in [0.4, 0.5) is 4.39 Å².